The minimum absolute atomic E-state index is 0.00553. The first-order valence-corrected chi connectivity index (χ1v) is 6.73. The zero-order valence-electron chi connectivity index (χ0n) is 10.1. The summed E-state index contributed by atoms with van der Waals surface area (Å²) < 4.78 is 36.7. The normalized spacial score (nSPS) is 13.6. The van der Waals surface area contributed by atoms with Crippen LogP contribution >= 0.6 is 11.3 Å². The van der Waals surface area contributed by atoms with Crippen molar-refractivity contribution < 1.29 is 18.0 Å². The molecule has 1 aliphatic rings. The van der Waals surface area contributed by atoms with E-state index in [2.05, 4.69) is 4.98 Å². The minimum Gasteiger partial charge on any atom is -0.294 e. The van der Waals surface area contributed by atoms with Crippen molar-refractivity contribution in [2.45, 2.75) is 19.0 Å². The highest BCUT2D eigenvalue weighted by Gasteiger charge is 2.39. The van der Waals surface area contributed by atoms with Gasteiger partial charge in [-0.2, -0.15) is 13.2 Å². The number of aromatic nitrogens is 1. The van der Waals surface area contributed by atoms with E-state index in [0.717, 1.165) is 40.2 Å². The summed E-state index contributed by atoms with van der Waals surface area (Å²) in [5.74, 6) is -1.99. The predicted molar refractivity (Wildman–Crippen MR) is 69.6 cm³/mol. The molecule has 0 radical (unpaired) electrons. The van der Waals surface area contributed by atoms with Gasteiger partial charge in [0.25, 0.3) is 0 Å². The minimum atomic E-state index is -4.90. The summed E-state index contributed by atoms with van der Waals surface area (Å²) in [6.45, 7) is 0. The molecule has 3 rings (SSSR count). The Kier molecular flexibility index (Phi) is 3.01. The lowest BCUT2D eigenvalue weighted by molar-refractivity contribution is -0.167. The van der Waals surface area contributed by atoms with Crippen LogP contribution < -0.4 is 5.32 Å². The highest BCUT2D eigenvalue weighted by molar-refractivity contribution is 7.16. The molecule has 0 saturated heterocycles. The van der Waals surface area contributed by atoms with Gasteiger partial charge in [-0.15, -0.1) is 11.3 Å². The largest absolute Gasteiger partial charge is 0.471 e. The molecule has 1 heterocycles. The fourth-order valence-electron chi connectivity index (χ4n) is 2.17. The number of nitrogens with zero attached hydrogens (tertiary/aromatic N) is 1. The molecule has 2 aromatic rings. The molecule has 0 aliphatic heterocycles. The lowest BCUT2D eigenvalue weighted by Crippen LogP contribution is -2.29. The predicted octanol–water partition coefficient (Wildman–Crippen LogP) is 3.41. The van der Waals surface area contributed by atoms with Crippen molar-refractivity contribution in [3.63, 3.8) is 0 Å². The zero-order valence-corrected chi connectivity index (χ0v) is 10.9. The molecule has 3 nitrogen and oxygen atoms in total. The second-order valence-corrected chi connectivity index (χ2v) is 5.48. The molecule has 1 aliphatic carbocycles. The molecule has 20 heavy (non-hydrogen) atoms. The Hall–Kier alpha value is -1.89. The number of halogens is 3. The van der Waals surface area contributed by atoms with E-state index in [4.69, 9.17) is 0 Å². The van der Waals surface area contributed by atoms with Gasteiger partial charge < -0.3 is 0 Å². The number of anilines is 1. The highest BCUT2D eigenvalue weighted by atomic mass is 32.1. The second-order valence-electron chi connectivity index (χ2n) is 4.40. The SMILES string of the molecule is O=C(Nc1nc2c(s1)CCc1ccccc1-2)C(F)(F)F. The molecule has 104 valence electrons. The molecule has 1 aromatic heterocycles. The lowest BCUT2D eigenvalue weighted by atomic mass is 9.94. The number of carbonyl (C=O) groups excluding carboxylic acids is 1. The highest BCUT2D eigenvalue weighted by Crippen LogP contribution is 2.38. The third kappa shape index (κ3) is 2.29. The molecule has 0 atom stereocenters. The van der Waals surface area contributed by atoms with Gasteiger partial charge in [-0.1, -0.05) is 24.3 Å². The van der Waals surface area contributed by atoms with Crippen LogP contribution in [0.1, 0.15) is 10.4 Å². The van der Waals surface area contributed by atoms with E-state index in [1.165, 1.54) is 0 Å². The Morgan fingerprint density at radius 3 is 2.75 bits per heavy atom. The van der Waals surface area contributed by atoms with Crippen molar-refractivity contribution in [1.82, 2.24) is 4.98 Å². The van der Waals surface area contributed by atoms with Gasteiger partial charge in [0.1, 0.15) is 0 Å². The smallest absolute Gasteiger partial charge is 0.294 e. The summed E-state index contributed by atoms with van der Waals surface area (Å²) in [7, 11) is 0. The maximum Gasteiger partial charge on any atom is 0.471 e. The average Bonchev–Trinajstić information content (AvgIpc) is 2.80. The van der Waals surface area contributed by atoms with Crippen molar-refractivity contribution in [3.05, 3.63) is 34.7 Å². The van der Waals surface area contributed by atoms with Gasteiger partial charge in [-0.25, -0.2) is 4.98 Å². The van der Waals surface area contributed by atoms with Crippen molar-refractivity contribution in [1.29, 1.82) is 0 Å². The number of amides is 1. The third-order valence-corrected chi connectivity index (χ3v) is 4.10. The molecule has 1 N–H and O–H groups in total. The monoisotopic (exact) mass is 298 g/mol. The first-order chi connectivity index (χ1) is 9.45. The molecule has 0 bridgehead atoms. The van der Waals surface area contributed by atoms with E-state index in [1.807, 2.05) is 29.6 Å². The molecule has 1 amide bonds. The molecule has 0 saturated carbocycles. The van der Waals surface area contributed by atoms with Crippen LogP contribution in [0.4, 0.5) is 18.3 Å². The number of fused-ring (bicyclic) bond motifs is 3. The van der Waals surface area contributed by atoms with E-state index in [1.54, 1.807) is 0 Å². The number of benzene rings is 1. The van der Waals surface area contributed by atoms with Gasteiger partial charge in [-0.3, -0.25) is 10.1 Å². The standard InChI is InChI=1S/C13H9F3N2OS/c14-13(15,16)11(19)18-12-17-10-8-4-2-1-3-7(8)5-6-9(10)20-12/h1-4H,5-6H2,(H,17,18,19). The Morgan fingerprint density at radius 1 is 1.25 bits per heavy atom. The molecular formula is C13H9F3N2OS. The number of thiazole rings is 1. The third-order valence-electron chi connectivity index (χ3n) is 3.07. The van der Waals surface area contributed by atoms with E-state index in [0.29, 0.717) is 5.69 Å². The number of nitrogens with one attached hydrogen (secondary N) is 1. The van der Waals surface area contributed by atoms with Crippen molar-refractivity contribution >= 4 is 22.4 Å². The van der Waals surface area contributed by atoms with Gasteiger partial charge in [0, 0.05) is 10.4 Å². The fourth-order valence-corrected chi connectivity index (χ4v) is 3.14. The maximum absolute atomic E-state index is 12.2. The Balaban J connectivity index is 1.93. The van der Waals surface area contributed by atoms with Crippen molar-refractivity contribution in [2.24, 2.45) is 0 Å². The number of alkyl halides is 3. The summed E-state index contributed by atoms with van der Waals surface area (Å²) in [4.78, 5) is 16.0. The van der Waals surface area contributed by atoms with Crippen LogP contribution in [0.3, 0.4) is 0 Å². The fraction of sp³-hybridized carbons (Fsp3) is 0.231. The summed E-state index contributed by atoms with van der Waals surface area (Å²) >= 11 is 1.10. The van der Waals surface area contributed by atoms with Crippen LogP contribution in [0, 0.1) is 0 Å². The van der Waals surface area contributed by atoms with Crippen LogP contribution in [-0.4, -0.2) is 17.1 Å². The first-order valence-electron chi connectivity index (χ1n) is 5.91. The van der Waals surface area contributed by atoms with Crippen LogP contribution in [0.2, 0.25) is 0 Å². The molecular weight excluding hydrogens is 289 g/mol. The number of hydrogen-bond donors (Lipinski definition) is 1. The van der Waals surface area contributed by atoms with Gasteiger partial charge >= 0.3 is 12.1 Å². The molecule has 7 heteroatoms. The van der Waals surface area contributed by atoms with Crippen molar-refractivity contribution in [2.75, 3.05) is 5.32 Å². The molecule has 0 unspecified atom stereocenters. The Bertz CT molecular complexity index is 678. The Labute approximate surface area is 116 Å². The molecule has 1 aromatic carbocycles. The first kappa shape index (κ1) is 13.1. The van der Waals surface area contributed by atoms with Gasteiger partial charge in [0.05, 0.1) is 5.69 Å². The zero-order chi connectivity index (χ0) is 14.3. The van der Waals surface area contributed by atoms with Crippen LogP contribution in [0.25, 0.3) is 11.3 Å². The van der Waals surface area contributed by atoms with E-state index in [-0.39, 0.29) is 5.13 Å². The summed E-state index contributed by atoms with van der Waals surface area (Å²) in [6.07, 6.45) is -3.34. The number of aryl methyl sites for hydroxylation is 2. The van der Waals surface area contributed by atoms with E-state index >= 15 is 0 Å². The number of hydrogen-bond acceptors (Lipinski definition) is 3. The molecule has 0 fully saturated rings. The van der Waals surface area contributed by atoms with Crippen LogP contribution in [-0.2, 0) is 17.6 Å². The van der Waals surface area contributed by atoms with Gasteiger partial charge in [-0.05, 0) is 18.4 Å². The topological polar surface area (TPSA) is 42.0 Å². The van der Waals surface area contributed by atoms with Crippen LogP contribution in [0.15, 0.2) is 24.3 Å². The quantitative estimate of drug-likeness (QED) is 0.876. The lowest BCUT2D eigenvalue weighted by Gasteiger charge is -2.13. The number of carbonyl (C=O) groups is 1. The van der Waals surface area contributed by atoms with Crippen molar-refractivity contribution in [3.8, 4) is 11.3 Å². The summed E-state index contributed by atoms with van der Waals surface area (Å²) in [5, 5.41) is 1.81. The average molecular weight is 298 g/mol. The van der Waals surface area contributed by atoms with Gasteiger partial charge in [0.2, 0.25) is 0 Å². The maximum atomic E-state index is 12.2. The number of rotatable bonds is 1. The summed E-state index contributed by atoms with van der Waals surface area (Å²) in [5.41, 5.74) is 2.73. The van der Waals surface area contributed by atoms with Gasteiger partial charge in [0.15, 0.2) is 5.13 Å². The summed E-state index contributed by atoms with van der Waals surface area (Å²) in [6, 6.07) is 7.65. The van der Waals surface area contributed by atoms with Crippen LogP contribution in [0.5, 0.6) is 0 Å². The second kappa shape index (κ2) is 4.59. The van der Waals surface area contributed by atoms with E-state index in [9.17, 15) is 18.0 Å². The van der Waals surface area contributed by atoms with E-state index < -0.39 is 12.1 Å². The Morgan fingerprint density at radius 2 is 2.00 bits per heavy atom. The molecule has 0 spiro atoms.